The van der Waals surface area contributed by atoms with Crippen LogP contribution in [-0.2, 0) is 9.53 Å². The summed E-state index contributed by atoms with van der Waals surface area (Å²) in [6, 6.07) is 12.8. The summed E-state index contributed by atoms with van der Waals surface area (Å²) in [4.78, 5) is 12.4. The fourth-order valence-electron chi connectivity index (χ4n) is 2.60. The van der Waals surface area contributed by atoms with Crippen LogP contribution < -0.4 is 0 Å². The standard InChI is InChI=1S/C20H26O2S2/c1-15-6-7-19-14-17(8-9-18(19)13-15)16(2)20(21)5-4-11-23-24-12-10-22-3/h6-9,13-14,16H,4-5,10-12H2,1-3H3. The molecule has 1 atom stereocenters. The van der Waals surface area contributed by atoms with Gasteiger partial charge in [0.05, 0.1) is 6.61 Å². The number of Topliss-reactive ketones (excluding diaryl/α,β-unsaturated/α-hetero) is 1. The van der Waals surface area contributed by atoms with E-state index in [4.69, 9.17) is 4.74 Å². The predicted molar refractivity (Wildman–Crippen MR) is 108 cm³/mol. The molecule has 0 amide bonds. The molecule has 0 heterocycles. The number of rotatable bonds is 10. The van der Waals surface area contributed by atoms with Crippen LogP contribution in [0.15, 0.2) is 36.4 Å². The molecule has 4 heteroatoms. The van der Waals surface area contributed by atoms with Gasteiger partial charge in [-0.15, -0.1) is 0 Å². The van der Waals surface area contributed by atoms with Gasteiger partial charge in [0.15, 0.2) is 0 Å². The molecule has 2 nitrogen and oxygen atoms in total. The van der Waals surface area contributed by atoms with E-state index in [0.29, 0.717) is 12.2 Å². The molecule has 0 spiro atoms. The van der Waals surface area contributed by atoms with E-state index in [0.717, 1.165) is 30.1 Å². The lowest BCUT2D eigenvalue weighted by atomic mass is 9.92. The molecular weight excluding hydrogens is 336 g/mol. The van der Waals surface area contributed by atoms with Crippen LogP contribution in [0.3, 0.4) is 0 Å². The third kappa shape index (κ3) is 5.83. The topological polar surface area (TPSA) is 26.3 Å². The summed E-state index contributed by atoms with van der Waals surface area (Å²) in [6.07, 6.45) is 1.60. The number of carbonyl (C=O) groups is 1. The number of carbonyl (C=O) groups excluding carboxylic acids is 1. The molecule has 0 bridgehead atoms. The van der Waals surface area contributed by atoms with Crippen molar-refractivity contribution < 1.29 is 9.53 Å². The summed E-state index contributed by atoms with van der Waals surface area (Å²) in [5.41, 5.74) is 2.39. The number of ether oxygens (including phenoxy) is 1. The van der Waals surface area contributed by atoms with Crippen molar-refractivity contribution in [3.05, 3.63) is 47.5 Å². The number of fused-ring (bicyclic) bond motifs is 1. The first-order valence-corrected chi connectivity index (χ1v) is 10.9. The molecule has 0 saturated heterocycles. The highest BCUT2D eigenvalue weighted by Gasteiger charge is 2.15. The summed E-state index contributed by atoms with van der Waals surface area (Å²) < 4.78 is 5.02. The average molecular weight is 363 g/mol. The Morgan fingerprint density at radius 2 is 1.79 bits per heavy atom. The van der Waals surface area contributed by atoms with Crippen LogP contribution in [-0.4, -0.2) is 31.0 Å². The number of hydrogen-bond donors (Lipinski definition) is 0. The lowest BCUT2D eigenvalue weighted by molar-refractivity contribution is -0.120. The maximum atomic E-state index is 12.4. The van der Waals surface area contributed by atoms with Crippen molar-refractivity contribution >= 4 is 38.1 Å². The third-order valence-corrected chi connectivity index (χ3v) is 6.56. The zero-order chi connectivity index (χ0) is 17.4. The van der Waals surface area contributed by atoms with Gasteiger partial charge in [0, 0.05) is 31.0 Å². The molecule has 0 radical (unpaired) electrons. The van der Waals surface area contributed by atoms with Crippen molar-refractivity contribution in [1.29, 1.82) is 0 Å². The summed E-state index contributed by atoms with van der Waals surface area (Å²) in [5.74, 6) is 2.33. The summed E-state index contributed by atoms with van der Waals surface area (Å²) >= 11 is 0. The van der Waals surface area contributed by atoms with E-state index < -0.39 is 0 Å². The quantitative estimate of drug-likeness (QED) is 0.404. The van der Waals surface area contributed by atoms with Crippen molar-refractivity contribution in [2.24, 2.45) is 0 Å². The third-order valence-electron chi connectivity index (χ3n) is 4.11. The molecule has 2 aromatic carbocycles. The largest absolute Gasteiger partial charge is 0.384 e. The van der Waals surface area contributed by atoms with Crippen LogP contribution in [0.25, 0.3) is 10.8 Å². The second kappa shape index (κ2) is 10.1. The van der Waals surface area contributed by atoms with E-state index in [-0.39, 0.29) is 5.92 Å². The molecule has 24 heavy (non-hydrogen) atoms. The van der Waals surface area contributed by atoms with Gasteiger partial charge in [0.2, 0.25) is 0 Å². The minimum absolute atomic E-state index is 0.0261. The molecule has 0 aliphatic heterocycles. The minimum Gasteiger partial charge on any atom is -0.384 e. The summed E-state index contributed by atoms with van der Waals surface area (Å²) in [7, 11) is 5.37. The van der Waals surface area contributed by atoms with Gasteiger partial charge in [0.1, 0.15) is 5.78 Å². The maximum absolute atomic E-state index is 12.4. The molecule has 0 aromatic heterocycles. The monoisotopic (exact) mass is 362 g/mol. The van der Waals surface area contributed by atoms with Gasteiger partial charge in [0.25, 0.3) is 0 Å². The van der Waals surface area contributed by atoms with E-state index >= 15 is 0 Å². The van der Waals surface area contributed by atoms with Gasteiger partial charge < -0.3 is 4.74 Å². The van der Waals surface area contributed by atoms with Crippen LogP contribution in [0, 0.1) is 6.92 Å². The van der Waals surface area contributed by atoms with Crippen LogP contribution in [0.4, 0.5) is 0 Å². The number of aryl methyl sites for hydroxylation is 1. The minimum atomic E-state index is -0.0261. The first-order chi connectivity index (χ1) is 11.6. The second-order valence-electron chi connectivity index (χ2n) is 6.04. The molecule has 0 saturated carbocycles. The highest BCUT2D eigenvalue weighted by Crippen LogP contribution is 2.26. The zero-order valence-electron chi connectivity index (χ0n) is 14.7. The van der Waals surface area contributed by atoms with Gasteiger partial charge >= 0.3 is 0 Å². The highest BCUT2D eigenvalue weighted by atomic mass is 33.1. The smallest absolute Gasteiger partial charge is 0.140 e. The SMILES string of the molecule is COCCSSCCCC(=O)C(C)c1ccc2cc(C)ccc2c1. The lowest BCUT2D eigenvalue weighted by Crippen LogP contribution is -2.09. The van der Waals surface area contributed by atoms with Crippen LogP contribution in [0.5, 0.6) is 0 Å². The first kappa shape index (κ1) is 19.4. The Kier molecular flexibility index (Phi) is 8.16. The zero-order valence-corrected chi connectivity index (χ0v) is 16.3. The van der Waals surface area contributed by atoms with Crippen molar-refractivity contribution in [3.63, 3.8) is 0 Å². The Bertz CT molecular complexity index is 670. The normalized spacial score (nSPS) is 12.5. The van der Waals surface area contributed by atoms with Gasteiger partial charge in [-0.1, -0.05) is 70.5 Å². The van der Waals surface area contributed by atoms with Crippen molar-refractivity contribution in [1.82, 2.24) is 0 Å². The molecule has 0 N–H and O–H groups in total. The Balaban J connectivity index is 1.83. The van der Waals surface area contributed by atoms with Crippen LogP contribution in [0.2, 0.25) is 0 Å². The van der Waals surface area contributed by atoms with E-state index in [1.54, 1.807) is 7.11 Å². The summed E-state index contributed by atoms with van der Waals surface area (Å²) in [5, 5.41) is 2.45. The number of ketones is 1. The molecule has 1 unspecified atom stereocenters. The van der Waals surface area contributed by atoms with E-state index in [9.17, 15) is 4.79 Å². The molecule has 2 rings (SSSR count). The van der Waals surface area contributed by atoms with E-state index in [2.05, 4.69) is 43.3 Å². The Labute approximate surface area is 153 Å². The van der Waals surface area contributed by atoms with Gasteiger partial charge in [-0.2, -0.15) is 0 Å². The molecule has 0 aliphatic rings. The molecule has 130 valence electrons. The van der Waals surface area contributed by atoms with Gasteiger partial charge in [-0.25, -0.2) is 0 Å². The second-order valence-corrected chi connectivity index (χ2v) is 8.74. The first-order valence-electron chi connectivity index (χ1n) is 8.38. The molecular formula is C20H26O2S2. The number of methoxy groups -OCH3 is 1. The highest BCUT2D eigenvalue weighted by molar-refractivity contribution is 8.76. The lowest BCUT2D eigenvalue weighted by Gasteiger charge is -2.12. The van der Waals surface area contributed by atoms with Gasteiger partial charge in [-0.3, -0.25) is 4.79 Å². The molecule has 0 fully saturated rings. The van der Waals surface area contributed by atoms with Gasteiger partial charge in [-0.05, 0) is 29.7 Å². The Hall–Kier alpha value is -0.970. The average Bonchev–Trinajstić information content (AvgIpc) is 2.59. The van der Waals surface area contributed by atoms with Crippen LogP contribution >= 0.6 is 21.6 Å². The van der Waals surface area contributed by atoms with E-state index in [1.165, 1.54) is 16.3 Å². The number of hydrogen-bond acceptors (Lipinski definition) is 4. The fourth-order valence-corrected chi connectivity index (χ4v) is 4.59. The summed E-state index contributed by atoms with van der Waals surface area (Å²) in [6.45, 7) is 4.92. The Morgan fingerprint density at radius 3 is 2.58 bits per heavy atom. The van der Waals surface area contributed by atoms with E-state index in [1.807, 2.05) is 28.5 Å². The van der Waals surface area contributed by atoms with Crippen molar-refractivity contribution in [2.75, 3.05) is 25.2 Å². The fraction of sp³-hybridized carbons (Fsp3) is 0.450. The van der Waals surface area contributed by atoms with Crippen LogP contribution in [0.1, 0.15) is 36.8 Å². The predicted octanol–water partition coefficient (Wildman–Crippen LogP) is 5.63. The Morgan fingerprint density at radius 1 is 1.08 bits per heavy atom. The molecule has 2 aromatic rings. The van der Waals surface area contributed by atoms with Crippen molar-refractivity contribution in [2.45, 2.75) is 32.6 Å². The van der Waals surface area contributed by atoms with Crippen molar-refractivity contribution in [3.8, 4) is 0 Å². The number of benzene rings is 2. The molecule has 0 aliphatic carbocycles. The maximum Gasteiger partial charge on any atom is 0.140 e.